The average molecular weight is 1040 g/mol. The Bertz CT molecular complexity index is 2330. The van der Waals surface area contributed by atoms with Gasteiger partial charge in [-0.2, -0.15) is 33.7 Å². The third-order valence-corrected chi connectivity index (χ3v) is 17.5. The molecule has 4 aromatic rings. The second kappa shape index (κ2) is 24.0. The molecular formula is C40H52F4N8O12S4. The van der Waals surface area contributed by atoms with Crippen LogP contribution < -0.4 is 0 Å². The Morgan fingerprint density at radius 3 is 0.603 bits per heavy atom. The molecule has 4 aromatic heterocycles. The summed E-state index contributed by atoms with van der Waals surface area (Å²) in [6, 6.07) is 0. The highest BCUT2D eigenvalue weighted by Crippen LogP contribution is 2.38. The third kappa shape index (κ3) is 15.9. The molecule has 0 unspecified atom stereocenters. The van der Waals surface area contributed by atoms with E-state index in [9.17, 15) is 69.4 Å². The number of halogens is 4. The van der Waals surface area contributed by atoms with Gasteiger partial charge in [0.05, 0.1) is 70.6 Å². The fraction of sp³-hybridized carbons (Fsp3) is 0.600. The van der Waals surface area contributed by atoms with Gasteiger partial charge in [-0.15, -0.1) is 0 Å². The molecule has 4 saturated carbocycles. The van der Waals surface area contributed by atoms with E-state index in [4.69, 9.17) is 0 Å². The molecule has 8 rings (SSSR count). The third-order valence-electron chi connectivity index (χ3n) is 12.2. The van der Waals surface area contributed by atoms with Gasteiger partial charge in [0.15, 0.2) is 23.3 Å². The summed E-state index contributed by atoms with van der Waals surface area (Å²) in [5, 5.41) is -3.49. The maximum Gasteiger partial charge on any atom is 0.268 e. The Labute approximate surface area is 391 Å². The quantitative estimate of drug-likeness (QED) is 0.114. The predicted molar refractivity (Wildman–Crippen MR) is 234 cm³/mol. The largest absolute Gasteiger partial charge is 0.285 e. The molecule has 0 aromatic carbocycles. The molecule has 0 bridgehead atoms. The predicted octanol–water partition coefficient (Wildman–Crippen LogP) is 6.12. The number of hydrogen-bond acceptors (Lipinski definition) is 16. The van der Waals surface area contributed by atoms with E-state index >= 15 is 0 Å². The lowest BCUT2D eigenvalue weighted by Gasteiger charge is -2.27. The number of aromatic nitrogens is 8. The average Bonchev–Trinajstić information content (AvgIpc) is 3.30. The smallest absolute Gasteiger partial charge is 0.268 e. The molecule has 0 aliphatic heterocycles. The first-order valence-electron chi connectivity index (χ1n) is 21.7. The summed E-state index contributed by atoms with van der Waals surface area (Å²) in [4.78, 5) is 30.4. The molecule has 20 nitrogen and oxygen atoms in total. The lowest BCUT2D eigenvalue weighted by Crippen LogP contribution is -2.32. The Hall–Kier alpha value is -4.32. The van der Waals surface area contributed by atoms with E-state index in [-0.39, 0.29) is 23.3 Å². The Kier molecular flexibility index (Phi) is 19.3. The van der Waals surface area contributed by atoms with Crippen LogP contribution in [0.15, 0.2) is 49.6 Å². The van der Waals surface area contributed by atoms with Gasteiger partial charge in [-0.05, 0) is 51.4 Å². The first kappa shape index (κ1) is 54.6. The van der Waals surface area contributed by atoms with Gasteiger partial charge in [0.1, 0.15) is 23.3 Å². The normalized spacial score (nSPS) is 25.8. The minimum absolute atomic E-state index is 0.286. The van der Waals surface area contributed by atoms with Crippen molar-refractivity contribution < 1.29 is 69.4 Å². The van der Waals surface area contributed by atoms with Crippen molar-refractivity contribution >= 4 is 40.5 Å². The van der Waals surface area contributed by atoms with Crippen LogP contribution in [0.4, 0.5) is 17.6 Å². The van der Waals surface area contributed by atoms with Crippen molar-refractivity contribution in [3.8, 4) is 0 Å². The fourth-order valence-electron chi connectivity index (χ4n) is 9.05. The Morgan fingerprint density at radius 2 is 0.456 bits per heavy atom. The zero-order valence-corrected chi connectivity index (χ0v) is 39.6. The van der Waals surface area contributed by atoms with Crippen molar-refractivity contribution in [2.24, 2.45) is 0 Å². The highest BCUT2D eigenvalue weighted by molar-refractivity contribution is 7.87. The molecule has 0 spiro atoms. The molecule has 68 heavy (non-hydrogen) atoms. The molecule has 376 valence electrons. The molecule has 8 atom stereocenters. The summed E-state index contributed by atoms with van der Waals surface area (Å²) in [5.41, 5.74) is 0. The zero-order chi connectivity index (χ0) is 49.9. The maximum atomic E-state index is 12.7. The first-order chi connectivity index (χ1) is 31.9. The van der Waals surface area contributed by atoms with Gasteiger partial charge in [-0.1, -0.05) is 51.4 Å². The molecule has 28 heteroatoms. The van der Waals surface area contributed by atoms with Crippen LogP contribution in [-0.2, 0) is 40.5 Å². The van der Waals surface area contributed by atoms with Crippen LogP contribution in [0, 0.1) is 23.3 Å². The van der Waals surface area contributed by atoms with Gasteiger partial charge in [0.2, 0.25) is 0 Å². The van der Waals surface area contributed by atoms with Gasteiger partial charge >= 0.3 is 0 Å². The fourth-order valence-corrected chi connectivity index (χ4v) is 13.6. The molecule has 0 radical (unpaired) electrons. The zero-order valence-electron chi connectivity index (χ0n) is 36.3. The monoisotopic (exact) mass is 1040 g/mol. The van der Waals surface area contributed by atoms with Crippen LogP contribution in [0.2, 0.25) is 0 Å². The summed E-state index contributed by atoms with van der Waals surface area (Å²) >= 11 is 0. The second-order valence-electron chi connectivity index (χ2n) is 16.8. The van der Waals surface area contributed by atoms with E-state index in [1.54, 1.807) is 0 Å². The summed E-state index contributed by atoms with van der Waals surface area (Å²) in [5.74, 6) is -2.89. The van der Waals surface area contributed by atoms with Crippen molar-refractivity contribution in [3.63, 3.8) is 0 Å². The van der Waals surface area contributed by atoms with Crippen LogP contribution in [-0.4, -0.2) is 113 Å². The molecule has 4 N–H and O–H groups in total. The van der Waals surface area contributed by atoms with E-state index in [1.807, 2.05) is 0 Å². The lowest BCUT2D eigenvalue weighted by atomic mass is 9.88. The van der Waals surface area contributed by atoms with Crippen molar-refractivity contribution in [1.29, 1.82) is 0 Å². The van der Waals surface area contributed by atoms with Crippen LogP contribution in [0.25, 0.3) is 0 Å². The minimum atomic E-state index is -4.11. The summed E-state index contributed by atoms with van der Waals surface area (Å²) in [7, 11) is -16.4. The number of rotatable bonds is 8. The van der Waals surface area contributed by atoms with Crippen LogP contribution in [0.5, 0.6) is 0 Å². The standard InChI is InChI=1S/4C10H13FN2O3S/c4*11-7-5-12-10(13-6-7)8-3-1-2-4-9(8)17(14,15)16/h4*5-6,8-9H,1-4H2,(H,14,15,16)/t2*8-,9+;2*8-,9-/m1010/s1. The van der Waals surface area contributed by atoms with Crippen molar-refractivity contribution in [2.45, 2.75) is 147 Å². The van der Waals surface area contributed by atoms with E-state index in [1.165, 1.54) is 0 Å². The molecule has 0 amide bonds. The molecule has 4 aliphatic rings. The molecule has 4 aliphatic carbocycles. The van der Waals surface area contributed by atoms with Crippen LogP contribution >= 0.6 is 0 Å². The van der Waals surface area contributed by atoms with Gasteiger partial charge < -0.3 is 0 Å². The van der Waals surface area contributed by atoms with Crippen LogP contribution in [0.1, 0.15) is 150 Å². The minimum Gasteiger partial charge on any atom is -0.285 e. The first-order valence-corrected chi connectivity index (χ1v) is 27.7. The molecule has 4 fully saturated rings. The van der Waals surface area contributed by atoms with E-state index in [2.05, 4.69) is 39.9 Å². The lowest BCUT2D eigenvalue weighted by molar-refractivity contribution is 0.385. The van der Waals surface area contributed by atoms with E-state index < -0.39 is 108 Å². The second-order valence-corrected chi connectivity index (χ2v) is 23.4. The molecular weight excluding hydrogens is 989 g/mol. The Morgan fingerprint density at radius 1 is 0.309 bits per heavy atom. The van der Waals surface area contributed by atoms with Gasteiger partial charge in [-0.3, -0.25) is 18.2 Å². The van der Waals surface area contributed by atoms with Crippen molar-refractivity contribution in [3.05, 3.63) is 96.1 Å². The SMILES string of the molecule is O=S(=O)(O)[C@@H]1CCCC[C@@H]1c1ncc(F)cn1.O=S(=O)(O)[C@@H]1CCCC[C@H]1c1ncc(F)cn1.O=S(=O)(O)[C@H]1CCCC[C@@H]1c1ncc(F)cn1.O=S(=O)(O)[C@H]1CCCC[C@H]1c1ncc(F)cn1. The maximum absolute atomic E-state index is 12.7. The summed E-state index contributed by atoms with van der Waals surface area (Å²) in [6.07, 6.45) is 18.5. The van der Waals surface area contributed by atoms with Crippen LogP contribution in [0.3, 0.4) is 0 Å². The Balaban J connectivity index is 0.000000169. The summed E-state index contributed by atoms with van der Waals surface area (Å²) in [6.45, 7) is 0. The van der Waals surface area contributed by atoms with Crippen molar-refractivity contribution in [1.82, 2.24) is 39.9 Å². The highest BCUT2D eigenvalue weighted by Gasteiger charge is 2.40. The van der Waals surface area contributed by atoms with Gasteiger partial charge in [-0.25, -0.2) is 57.4 Å². The molecule has 0 saturated heterocycles. The topological polar surface area (TPSA) is 321 Å². The highest BCUT2D eigenvalue weighted by atomic mass is 32.2. The van der Waals surface area contributed by atoms with E-state index in [0.29, 0.717) is 51.4 Å². The van der Waals surface area contributed by atoms with Gasteiger partial charge in [0.25, 0.3) is 40.5 Å². The van der Waals surface area contributed by atoms with E-state index in [0.717, 1.165) is 101 Å². The molecule has 4 heterocycles. The number of nitrogens with zero attached hydrogens (tertiary/aromatic N) is 8. The number of hydrogen-bond donors (Lipinski definition) is 4. The van der Waals surface area contributed by atoms with Gasteiger partial charge in [0, 0.05) is 23.7 Å². The van der Waals surface area contributed by atoms with Crippen molar-refractivity contribution in [2.75, 3.05) is 0 Å². The summed E-state index contributed by atoms with van der Waals surface area (Å²) < 4.78 is 178.